The molecule has 120 valence electrons. The molecule has 1 N–H and O–H groups in total. The van der Waals surface area contributed by atoms with Gasteiger partial charge in [-0.25, -0.2) is 4.98 Å². The lowest BCUT2D eigenvalue weighted by Crippen LogP contribution is -2.06. The van der Waals surface area contributed by atoms with Gasteiger partial charge in [-0.1, -0.05) is 36.2 Å². The zero-order valence-corrected chi connectivity index (χ0v) is 14.9. The first-order chi connectivity index (χ1) is 10.9. The first kappa shape index (κ1) is 16.3. The summed E-state index contributed by atoms with van der Waals surface area (Å²) in [5.74, 6) is -0.890. The Balaban J connectivity index is 2.29. The van der Waals surface area contributed by atoms with E-state index in [0.717, 1.165) is 27.5 Å². The lowest BCUT2D eigenvalue weighted by Gasteiger charge is -2.06. The van der Waals surface area contributed by atoms with Crippen LogP contribution in [-0.4, -0.2) is 20.5 Å². The second-order valence-corrected chi connectivity index (χ2v) is 7.18. The standard InChI is InChI=1S/C16H14Cl2N2O2S/c1-3-12-8(2)23-16-19-15(13(20(12)16)7-14(21)22)9-4-5-10(17)11(18)6-9/h4-6H,3,7H2,1-2H3,(H,21,22). The van der Waals surface area contributed by atoms with Gasteiger partial charge in [-0.05, 0) is 25.5 Å². The molecule has 0 bridgehead atoms. The predicted octanol–water partition coefficient (Wildman–Crippen LogP) is 4.87. The quantitative estimate of drug-likeness (QED) is 0.714. The van der Waals surface area contributed by atoms with Crippen molar-refractivity contribution in [3.8, 4) is 11.3 Å². The number of carboxylic acid groups (broad SMARTS) is 1. The molecule has 0 saturated heterocycles. The van der Waals surface area contributed by atoms with Crippen molar-refractivity contribution in [1.29, 1.82) is 0 Å². The summed E-state index contributed by atoms with van der Waals surface area (Å²) in [7, 11) is 0. The zero-order chi connectivity index (χ0) is 16.7. The van der Waals surface area contributed by atoms with Crippen molar-refractivity contribution in [3.63, 3.8) is 0 Å². The molecule has 23 heavy (non-hydrogen) atoms. The summed E-state index contributed by atoms with van der Waals surface area (Å²) < 4.78 is 1.96. The minimum Gasteiger partial charge on any atom is -0.481 e. The highest BCUT2D eigenvalue weighted by Gasteiger charge is 2.21. The van der Waals surface area contributed by atoms with Crippen LogP contribution in [0.5, 0.6) is 0 Å². The molecule has 7 heteroatoms. The molecule has 2 aromatic heterocycles. The number of hydrogen-bond donors (Lipinski definition) is 1. The number of nitrogens with zero attached hydrogens (tertiary/aromatic N) is 2. The van der Waals surface area contributed by atoms with Gasteiger partial charge < -0.3 is 5.11 Å². The minimum atomic E-state index is -0.890. The number of hydrogen-bond acceptors (Lipinski definition) is 3. The van der Waals surface area contributed by atoms with Crippen molar-refractivity contribution in [3.05, 3.63) is 44.5 Å². The monoisotopic (exact) mass is 368 g/mol. The van der Waals surface area contributed by atoms with E-state index in [1.165, 1.54) is 0 Å². The number of imidazole rings is 1. The van der Waals surface area contributed by atoms with Crippen LogP contribution in [-0.2, 0) is 17.6 Å². The number of carbonyl (C=O) groups is 1. The number of carboxylic acids is 1. The fourth-order valence-electron chi connectivity index (χ4n) is 2.72. The fraction of sp³-hybridized carbons (Fsp3) is 0.250. The first-order valence-corrected chi connectivity index (χ1v) is 8.66. The molecule has 0 aliphatic heterocycles. The van der Waals surface area contributed by atoms with Crippen molar-refractivity contribution in [2.75, 3.05) is 0 Å². The summed E-state index contributed by atoms with van der Waals surface area (Å²) >= 11 is 13.6. The van der Waals surface area contributed by atoms with Gasteiger partial charge >= 0.3 is 5.97 Å². The SMILES string of the molecule is CCc1c(C)sc2nc(-c3ccc(Cl)c(Cl)c3)c(CC(=O)O)n12. The molecule has 0 unspecified atom stereocenters. The van der Waals surface area contributed by atoms with E-state index in [-0.39, 0.29) is 6.42 Å². The second kappa shape index (κ2) is 6.15. The van der Waals surface area contributed by atoms with Gasteiger partial charge in [-0.3, -0.25) is 9.20 Å². The van der Waals surface area contributed by atoms with Crippen LogP contribution in [0.4, 0.5) is 0 Å². The molecule has 0 aliphatic carbocycles. The number of halogens is 2. The van der Waals surface area contributed by atoms with Crippen LogP contribution in [0.25, 0.3) is 16.2 Å². The third kappa shape index (κ3) is 2.84. The number of thiazole rings is 1. The summed E-state index contributed by atoms with van der Waals surface area (Å²) in [6.45, 7) is 4.08. The highest BCUT2D eigenvalue weighted by molar-refractivity contribution is 7.17. The highest BCUT2D eigenvalue weighted by atomic mass is 35.5. The topological polar surface area (TPSA) is 54.6 Å². The summed E-state index contributed by atoms with van der Waals surface area (Å²) in [6, 6.07) is 5.23. The molecule has 0 fully saturated rings. The largest absolute Gasteiger partial charge is 0.481 e. The Bertz CT molecular complexity index is 915. The van der Waals surface area contributed by atoms with Crippen LogP contribution in [0, 0.1) is 6.92 Å². The van der Waals surface area contributed by atoms with Crippen molar-refractivity contribution in [2.24, 2.45) is 0 Å². The van der Waals surface area contributed by atoms with Gasteiger partial charge in [0.1, 0.15) is 0 Å². The lowest BCUT2D eigenvalue weighted by molar-refractivity contribution is -0.136. The van der Waals surface area contributed by atoms with Crippen molar-refractivity contribution in [1.82, 2.24) is 9.38 Å². The van der Waals surface area contributed by atoms with Crippen molar-refractivity contribution in [2.45, 2.75) is 26.7 Å². The van der Waals surface area contributed by atoms with E-state index in [9.17, 15) is 9.90 Å². The summed E-state index contributed by atoms with van der Waals surface area (Å²) in [5.41, 5.74) is 3.19. The van der Waals surface area contributed by atoms with E-state index in [1.54, 1.807) is 23.5 Å². The number of aliphatic carboxylic acids is 1. The lowest BCUT2D eigenvalue weighted by atomic mass is 10.1. The molecule has 0 radical (unpaired) electrons. The molecule has 3 aromatic rings. The number of rotatable bonds is 4. The molecule has 0 atom stereocenters. The molecule has 3 rings (SSSR count). The van der Waals surface area contributed by atoms with Gasteiger partial charge in [0.2, 0.25) is 0 Å². The van der Waals surface area contributed by atoms with Crippen LogP contribution in [0.3, 0.4) is 0 Å². The molecule has 0 aliphatic rings. The summed E-state index contributed by atoms with van der Waals surface area (Å²) in [6.07, 6.45) is 0.718. The molecule has 1 aromatic carbocycles. The Labute approximate surface area is 147 Å². The Kier molecular flexibility index (Phi) is 4.36. The van der Waals surface area contributed by atoms with Crippen LogP contribution >= 0.6 is 34.5 Å². The molecule has 0 amide bonds. The number of aryl methyl sites for hydroxylation is 2. The molecular weight excluding hydrogens is 355 g/mol. The Morgan fingerprint density at radius 3 is 2.65 bits per heavy atom. The molecule has 2 heterocycles. The number of fused-ring (bicyclic) bond motifs is 1. The Morgan fingerprint density at radius 1 is 1.30 bits per heavy atom. The average molecular weight is 369 g/mol. The highest BCUT2D eigenvalue weighted by Crippen LogP contribution is 2.34. The smallest absolute Gasteiger partial charge is 0.309 e. The van der Waals surface area contributed by atoms with Crippen molar-refractivity contribution >= 4 is 45.5 Å². The number of aromatic nitrogens is 2. The normalized spacial score (nSPS) is 11.3. The maximum absolute atomic E-state index is 11.3. The molecule has 0 saturated carbocycles. The maximum Gasteiger partial charge on any atom is 0.309 e. The molecular formula is C16H14Cl2N2O2S. The first-order valence-electron chi connectivity index (χ1n) is 7.09. The zero-order valence-electron chi connectivity index (χ0n) is 12.6. The maximum atomic E-state index is 11.3. The number of benzene rings is 1. The third-order valence-corrected chi connectivity index (χ3v) is 5.45. The van der Waals surface area contributed by atoms with Gasteiger partial charge in [0.05, 0.1) is 27.9 Å². The van der Waals surface area contributed by atoms with Crippen LogP contribution in [0.15, 0.2) is 18.2 Å². The second-order valence-electron chi connectivity index (χ2n) is 5.18. The van der Waals surface area contributed by atoms with Gasteiger partial charge in [0.15, 0.2) is 4.96 Å². The molecule has 0 spiro atoms. The predicted molar refractivity (Wildman–Crippen MR) is 94.0 cm³/mol. The van der Waals surface area contributed by atoms with E-state index in [1.807, 2.05) is 17.4 Å². The Hall–Kier alpha value is -1.56. The van der Waals surface area contributed by atoms with Crippen LogP contribution in [0.1, 0.15) is 23.2 Å². The van der Waals surface area contributed by atoms with E-state index >= 15 is 0 Å². The van der Waals surface area contributed by atoms with E-state index < -0.39 is 5.97 Å². The Morgan fingerprint density at radius 2 is 2.04 bits per heavy atom. The summed E-state index contributed by atoms with van der Waals surface area (Å²) in [4.78, 5) is 17.9. The van der Waals surface area contributed by atoms with Gasteiger partial charge in [0, 0.05) is 16.1 Å². The van der Waals surface area contributed by atoms with Crippen molar-refractivity contribution < 1.29 is 9.90 Å². The van der Waals surface area contributed by atoms with Gasteiger partial charge in [-0.2, -0.15) is 0 Å². The fourth-order valence-corrected chi connectivity index (χ4v) is 4.09. The van der Waals surface area contributed by atoms with E-state index in [0.29, 0.717) is 21.4 Å². The third-order valence-electron chi connectivity index (χ3n) is 3.71. The van der Waals surface area contributed by atoms with E-state index in [4.69, 9.17) is 23.2 Å². The summed E-state index contributed by atoms with van der Waals surface area (Å²) in [5, 5.41) is 10.2. The minimum absolute atomic E-state index is 0.0973. The van der Waals surface area contributed by atoms with Crippen LogP contribution in [0.2, 0.25) is 10.0 Å². The van der Waals surface area contributed by atoms with Crippen LogP contribution < -0.4 is 0 Å². The average Bonchev–Trinajstić information content (AvgIpc) is 2.97. The van der Waals surface area contributed by atoms with Gasteiger partial charge in [-0.15, -0.1) is 11.3 Å². The van der Waals surface area contributed by atoms with Gasteiger partial charge in [0.25, 0.3) is 0 Å². The van der Waals surface area contributed by atoms with E-state index in [2.05, 4.69) is 11.9 Å². The molecule has 4 nitrogen and oxygen atoms in total.